The molecule has 2 atom stereocenters. The van der Waals surface area contributed by atoms with Gasteiger partial charge in [0.05, 0.1) is 0 Å². The van der Waals surface area contributed by atoms with Crippen LogP contribution in [0.25, 0.3) is 0 Å². The summed E-state index contributed by atoms with van der Waals surface area (Å²) in [4.78, 5) is 0. The highest BCUT2D eigenvalue weighted by atomic mass is 31.2. The zero-order valence-corrected chi connectivity index (χ0v) is 23.4. The molecule has 0 aliphatic carbocycles. The van der Waals surface area contributed by atoms with E-state index in [-0.39, 0.29) is 0 Å². The minimum absolute atomic E-state index is 0.546. The minimum Gasteiger partial charge on any atom is -0.356 e. The quantitative estimate of drug-likeness (QED) is 0.367. The van der Waals surface area contributed by atoms with Gasteiger partial charge in [-0.25, -0.2) is 0 Å². The molecule has 1 aliphatic rings. The first kappa shape index (κ1) is 25.3. The van der Waals surface area contributed by atoms with Gasteiger partial charge in [-0.3, -0.25) is 0 Å². The summed E-state index contributed by atoms with van der Waals surface area (Å²) in [5.74, 6) is -1.09. The number of hydrogen-bond donors (Lipinski definition) is 2. The number of hydrogen-bond acceptors (Lipinski definition) is 2. The molecule has 0 aromatic heterocycles. The van der Waals surface area contributed by atoms with Crippen molar-refractivity contribution in [3.63, 3.8) is 0 Å². The number of aryl methyl sites for hydroxylation is 4. The third-order valence-electron chi connectivity index (χ3n) is 8.10. The monoisotopic (exact) mass is 514 g/mol. The largest absolute Gasteiger partial charge is 0.356 e. The standard InChI is InChI=1S/C32H36O2P2/c1-23-13-5-9-17-27(23)35(28-18-10-6-14-24(28)2)21-32(34)36(22-31(35)33,29-19-11-7-15-25(29)3)30-20-12-8-16-26(30)4/h5-20,31-34H,21-22H2,1-4H3/q+2. The van der Waals surface area contributed by atoms with E-state index in [1.54, 1.807) is 0 Å². The van der Waals surface area contributed by atoms with Gasteiger partial charge in [0.1, 0.15) is 48.1 Å². The molecule has 0 bridgehead atoms. The Morgan fingerprint density at radius 3 is 0.889 bits per heavy atom. The van der Waals surface area contributed by atoms with Gasteiger partial charge in [-0.05, 0) is 74.2 Å². The maximum absolute atomic E-state index is 12.5. The van der Waals surface area contributed by atoms with Crippen LogP contribution in [-0.4, -0.2) is 34.2 Å². The average Bonchev–Trinajstić information content (AvgIpc) is 2.87. The lowest BCUT2D eigenvalue weighted by atomic mass is 10.2. The molecule has 0 radical (unpaired) electrons. The molecule has 1 heterocycles. The molecule has 5 rings (SSSR count). The molecular weight excluding hydrogens is 478 g/mol. The summed E-state index contributed by atoms with van der Waals surface area (Å²) in [7, 11) is -4.67. The second-order valence-electron chi connectivity index (χ2n) is 10.2. The lowest BCUT2D eigenvalue weighted by Crippen LogP contribution is -2.51. The molecule has 2 nitrogen and oxygen atoms in total. The van der Waals surface area contributed by atoms with Gasteiger partial charge >= 0.3 is 0 Å². The summed E-state index contributed by atoms with van der Waals surface area (Å²) in [6, 6.07) is 34.0. The molecule has 2 unspecified atom stereocenters. The zero-order chi connectivity index (χ0) is 25.5. The summed E-state index contributed by atoms with van der Waals surface area (Å²) in [6.07, 6.45) is 1.17. The fourth-order valence-electron chi connectivity index (χ4n) is 6.38. The van der Waals surface area contributed by atoms with E-state index in [1.165, 1.54) is 43.5 Å². The van der Waals surface area contributed by atoms with Crippen LogP contribution in [0.3, 0.4) is 0 Å². The van der Waals surface area contributed by atoms with E-state index in [0.29, 0.717) is 12.3 Å². The highest BCUT2D eigenvalue weighted by molar-refractivity contribution is 7.96. The Hall–Kier alpha value is -2.34. The second-order valence-corrected chi connectivity index (χ2v) is 17.5. The number of aliphatic hydroxyl groups excluding tert-OH is 2. The topological polar surface area (TPSA) is 40.5 Å². The van der Waals surface area contributed by atoms with Crippen LogP contribution in [-0.2, 0) is 0 Å². The van der Waals surface area contributed by atoms with Crippen LogP contribution >= 0.6 is 14.5 Å². The highest BCUT2D eigenvalue weighted by Gasteiger charge is 2.68. The maximum Gasteiger partial charge on any atom is 0.208 e. The van der Waals surface area contributed by atoms with Crippen molar-refractivity contribution in [1.82, 2.24) is 0 Å². The van der Waals surface area contributed by atoms with Crippen LogP contribution < -0.4 is 21.2 Å². The summed E-state index contributed by atoms with van der Waals surface area (Å²) in [5, 5.41) is 29.9. The number of rotatable bonds is 4. The van der Waals surface area contributed by atoms with Gasteiger partial charge in [-0.15, -0.1) is 0 Å². The number of aliphatic hydroxyl groups is 2. The molecule has 36 heavy (non-hydrogen) atoms. The van der Waals surface area contributed by atoms with Crippen molar-refractivity contribution in [2.75, 3.05) is 12.3 Å². The molecule has 2 N–H and O–H groups in total. The molecular formula is C32H36O2P2+2. The number of benzene rings is 4. The second kappa shape index (κ2) is 9.85. The van der Waals surface area contributed by atoms with Gasteiger partial charge in [-0.1, -0.05) is 72.8 Å². The van der Waals surface area contributed by atoms with Crippen molar-refractivity contribution in [3.8, 4) is 0 Å². The smallest absolute Gasteiger partial charge is 0.208 e. The SMILES string of the molecule is Cc1ccccc1[P+]1(c2ccccc2C)CC(O)[P+](c2ccccc2C)(c2ccccc2C)CC1O. The Kier molecular flexibility index (Phi) is 6.92. The molecule has 4 heteroatoms. The Morgan fingerprint density at radius 1 is 0.444 bits per heavy atom. The van der Waals surface area contributed by atoms with E-state index in [1.807, 2.05) is 0 Å². The van der Waals surface area contributed by atoms with Gasteiger partial charge in [0, 0.05) is 0 Å². The molecule has 0 amide bonds. The lowest BCUT2D eigenvalue weighted by molar-refractivity contribution is 0.249. The first-order valence-corrected chi connectivity index (χ1v) is 16.8. The zero-order valence-electron chi connectivity index (χ0n) is 21.6. The summed E-state index contributed by atoms with van der Waals surface area (Å²) in [6.45, 7) is 8.59. The molecule has 4 aromatic rings. The van der Waals surface area contributed by atoms with Crippen LogP contribution in [0.2, 0.25) is 0 Å². The van der Waals surface area contributed by atoms with Crippen LogP contribution in [0, 0.1) is 27.7 Å². The van der Waals surface area contributed by atoms with E-state index in [2.05, 4.69) is 125 Å². The Morgan fingerprint density at radius 2 is 0.667 bits per heavy atom. The Labute approximate surface area is 216 Å². The van der Waals surface area contributed by atoms with Gasteiger partial charge < -0.3 is 10.2 Å². The normalized spacial score (nSPS) is 20.7. The first-order valence-electron chi connectivity index (χ1n) is 12.7. The average molecular weight is 515 g/mol. The molecule has 184 valence electrons. The summed E-state index contributed by atoms with van der Waals surface area (Å²) < 4.78 is 0. The van der Waals surface area contributed by atoms with Crippen molar-refractivity contribution in [3.05, 3.63) is 119 Å². The van der Waals surface area contributed by atoms with E-state index in [4.69, 9.17) is 0 Å². The third kappa shape index (κ3) is 3.87. The highest BCUT2D eigenvalue weighted by Crippen LogP contribution is 2.76. The molecule has 1 aliphatic heterocycles. The fourth-order valence-corrected chi connectivity index (χ4v) is 18.5. The molecule has 1 saturated heterocycles. The first-order chi connectivity index (χ1) is 17.3. The Bertz CT molecular complexity index is 1200. The van der Waals surface area contributed by atoms with Crippen molar-refractivity contribution in [2.45, 2.75) is 39.4 Å². The van der Waals surface area contributed by atoms with Gasteiger partial charge in [-0.2, -0.15) is 0 Å². The van der Waals surface area contributed by atoms with E-state index in [9.17, 15) is 10.2 Å². The predicted molar refractivity (Wildman–Crippen MR) is 159 cm³/mol. The molecule has 0 saturated carbocycles. The van der Waals surface area contributed by atoms with Crippen molar-refractivity contribution in [2.24, 2.45) is 0 Å². The maximum atomic E-state index is 12.5. The van der Waals surface area contributed by atoms with Crippen LogP contribution in [0.15, 0.2) is 97.1 Å². The van der Waals surface area contributed by atoms with Crippen molar-refractivity contribution in [1.29, 1.82) is 0 Å². The van der Waals surface area contributed by atoms with E-state index in [0.717, 1.165) is 0 Å². The van der Waals surface area contributed by atoms with Crippen LogP contribution in [0.5, 0.6) is 0 Å². The Balaban J connectivity index is 1.79. The minimum atomic E-state index is -2.34. The van der Waals surface area contributed by atoms with Crippen LogP contribution in [0.1, 0.15) is 22.3 Å². The van der Waals surface area contributed by atoms with Crippen LogP contribution in [0.4, 0.5) is 0 Å². The predicted octanol–water partition coefficient (Wildman–Crippen LogP) is 5.21. The molecule has 1 fully saturated rings. The van der Waals surface area contributed by atoms with E-state index >= 15 is 0 Å². The van der Waals surface area contributed by atoms with Crippen molar-refractivity contribution >= 4 is 35.7 Å². The third-order valence-corrected chi connectivity index (χ3v) is 18.4. The van der Waals surface area contributed by atoms with Crippen molar-refractivity contribution < 1.29 is 10.2 Å². The summed E-state index contributed by atoms with van der Waals surface area (Å²) in [5.41, 5.74) is 4.77. The molecule has 4 aromatic carbocycles. The lowest BCUT2D eigenvalue weighted by Gasteiger charge is -2.44. The van der Waals surface area contributed by atoms with Gasteiger partial charge in [0.2, 0.25) is 11.7 Å². The summed E-state index contributed by atoms with van der Waals surface area (Å²) >= 11 is 0. The van der Waals surface area contributed by atoms with E-state index < -0.39 is 26.2 Å². The van der Waals surface area contributed by atoms with Gasteiger partial charge in [0.25, 0.3) is 0 Å². The molecule has 0 spiro atoms. The fraction of sp³-hybridized carbons (Fsp3) is 0.250. The van der Waals surface area contributed by atoms with Gasteiger partial charge in [0.15, 0.2) is 0 Å².